The molecule has 7 heteroatoms. The summed E-state index contributed by atoms with van der Waals surface area (Å²) in [6.07, 6.45) is 4.67. The number of nitrogens with one attached hydrogen (secondary N) is 2. The second-order valence-corrected chi connectivity index (χ2v) is 7.05. The monoisotopic (exact) mass is 518 g/mol. The normalized spacial score (nSPS) is 11.0. The lowest BCUT2D eigenvalue weighted by atomic mass is 10.1. The molecule has 3 rings (SSSR count). The second kappa shape index (κ2) is 12.2. The first-order chi connectivity index (χ1) is 14.2. The highest BCUT2D eigenvalue weighted by atomic mass is 127. The van der Waals surface area contributed by atoms with Crippen molar-refractivity contribution in [3.05, 3.63) is 78.1 Å². The van der Waals surface area contributed by atoms with E-state index in [0.717, 1.165) is 31.2 Å². The minimum Gasteiger partial charge on any atom is -0.378 e. The number of hydrogen-bond acceptors (Lipinski definition) is 3. The molecule has 160 valence electrons. The maximum atomic E-state index is 4.71. The fourth-order valence-corrected chi connectivity index (χ4v) is 2.97. The number of nitrogens with zero attached hydrogens (tertiary/aromatic N) is 4. The molecular weight excluding hydrogens is 487 g/mol. The van der Waals surface area contributed by atoms with Crippen molar-refractivity contribution in [2.24, 2.45) is 4.99 Å². The fourth-order valence-electron chi connectivity index (χ4n) is 2.97. The number of benzene rings is 2. The van der Waals surface area contributed by atoms with Crippen LogP contribution in [0, 0.1) is 0 Å². The Morgan fingerprint density at radius 2 is 1.70 bits per heavy atom. The molecule has 2 aromatic carbocycles. The highest BCUT2D eigenvalue weighted by Crippen LogP contribution is 2.13. The van der Waals surface area contributed by atoms with Crippen LogP contribution in [0.1, 0.15) is 18.1 Å². The van der Waals surface area contributed by atoms with Crippen LogP contribution < -0.4 is 15.5 Å². The average Bonchev–Trinajstić information content (AvgIpc) is 3.28. The highest BCUT2D eigenvalue weighted by molar-refractivity contribution is 14.0. The topological polar surface area (TPSA) is 57.5 Å². The molecular formula is C23H31IN6. The van der Waals surface area contributed by atoms with Crippen LogP contribution in [0.3, 0.4) is 0 Å². The van der Waals surface area contributed by atoms with Crippen molar-refractivity contribution in [1.82, 2.24) is 20.4 Å². The largest absolute Gasteiger partial charge is 0.378 e. The summed E-state index contributed by atoms with van der Waals surface area (Å²) < 4.78 is 1.86. The molecule has 0 unspecified atom stereocenters. The van der Waals surface area contributed by atoms with Crippen molar-refractivity contribution in [3.63, 3.8) is 0 Å². The Labute approximate surface area is 196 Å². The third kappa shape index (κ3) is 7.05. The Bertz CT molecular complexity index is 886. The number of anilines is 1. The van der Waals surface area contributed by atoms with Crippen molar-refractivity contribution in [2.75, 3.05) is 32.1 Å². The van der Waals surface area contributed by atoms with Gasteiger partial charge < -0.3 is 15.5 Å². The van der Waals surface area contributed by atoms with Gasteiger partial charge in [-0.2, -0.15) is 5.10 Å². The zero-order valence-electron chi connectivity index (χ0n) is 17.9. The van der Waals surface area contributed by atoms with Gasteiger partial charge in [0.2, 0.25) is 0 Å². The van der Waals surface area contributed by atoms with Crippen LogP contribution in [0.5, 0.6) is 0 Å². The van der Waals surface area contributed by atoms with Crippen LogP contribution in [-0.2, 0) is 13.0 Å². The summed E-state index contributed by atoms with van der Waals surface area (Å²) in [7, 11) is 4.09. The molecule has 0 atom stereocenters. The third-order valence-corrected chi connectivity index (χ3v) is 4.63. The third-order valence-electron chi connectivity index (χ3n) is 4.63. The molecule has 3 aromatic rings. The molecule has 1 aromatic heterocycles. The van der Waals surface area contributed by atoms with E-state index >= 15 is 0 Å². The summed E-state index contributed by atoms with van der Waals surface area (Å²) >= 11 is 0. The lowest BCUT2D eigenvalue weighted by molar-refractivity contribution is 0.799. The van der Waals surface area contributed by atoms with Crippen molar-refractivity contribution in [3.8, 4) is 5.69 Å². The van der Waals surface area contributed by atoms with Crippen LogP contribution in [0.25, 0.3) is 5.69 Å². The molecule has 0 saturated heterocycles. The van der Waals surface area contributed by atoms with Crippen LogP contribution in [0.15, 0.2) is 72.0 Å². The standard InChI is InChI=1S/C23H30N6.HI/c1-4-24-23(26-18-20-8-10-21(11-9-20)28(2)3)25-16-14-19-6-12-22(13-7-19)29-17-5-15-27-29;/h5-13,15,17H,4,14,16,18H2,1-3H3,(H2,24,25,26);1H. The summed E-state index contributed by atoms with van der Waals surface area (Å²) in [5.74, 6) is 0.845. The van der Waals surface area contributed by atoms with E-state index in [1.807, 2.05) is 31.0 Å². The van der Waals surface area contributed by atoms with E-state index in [2.05, 4.69) is 76.1 Å². The van der Waals surface area contributed by atoms with Gasteiger partial charge >= 0.3 is 0 Å². The van der Waals surface area contributed by atoms with E-state index in [0.29, 0.717) is 6.54 Å². The summed E-state index contributed by atoms with van der Waals surface area (Å²) in [5.41, 5.74) is 4.74. The predicted molar refractivity (Wildman–Crippen MR) is 136 cm³/mol. The molecule has 2 N–H and O–H groups in total. The molecule has 0 bridgehead atoms. The molecule has 0 spiro atoms. The van der Waals surface area contributed by atoms with Crippen LogP contribution in [0.4, 0.5) is 5.69 Å². The molecule has 0 fully saturated rings. The molecule has 0 amide bonds. The lowest BCUT2D eigenvalue weighted by Crippen LogP contribution is -2.38. The zero-order chi connectivity index (χ0) is 20.5. The van der Waals surface area contributed by atoms with E-state index in [9.17, 15) is 0 Å². The Morgan fingerprint density at radius 1 is 1.00 bits per heavy atom. The van der Waals surface area contributed by atoms with Gasteiger partial charge in [-0.3, -0.25) is 0 Å². The van der Waals surface area contributed by atoms with Gasteiger partial charge in [-0.1, -0.05) is 24.3 Å². The van der Waals surface area contributed by atoms with Crippen molar-refractivity contribution in [2.45, 2.75) is 19.9 Å². The minimum atomic E-state index is 0. The van der Waals surface area contributed by atoms with Gasteiger partial charge in [-0.05, 0) is 54.8 Å². The molecule has 0 aliphatic heterocycles. The first-order valence-electron chi connectivity index (χ1n) is 10.0. The van der Waals surface area contributed by atoms with E-state index in [1.165, 1.54) is 16.8 Å². The zero-order valence-corrected chi connectivity index (χ0v) is 20.2. The van der Waals surface area contributed by atoms with Gasteiger partial charge in [-0.15, -0.1) is 24.0 Å². The number of halogens is 1. The molecule has 0 radical (unpaired) electrons. The molecule has 1 heterocycles. The van der Waals surface area contributed by atoms with Gasteiger partial charge in [-0.25, -0.2) is 9.67 Å². The van der Waals surface area contributed by atoms with Gasteiger partial charge in [0.25, 0.3) is 0 Å². The lowest BCUT2D eigenvalue weighted by Gasteiger charge is -2.13. The summed E-state index contributed by atoms with van der Waals surface area (Å²) in [5, 5.41) is 11.0. The maximum absolute atomic E-state index is 4.71. The average molecular weight is 518 g/mol. The van der Waals surface area contributed by atoms with E-state index < -0.39 is 0 Å². The Kier molecular flexibility index (Phi) is 9.66. The van der Waals surface area contributed by atoms with E-state index in [4.69, 9.17) is 4.99 Å². The van der Waals surface area contributed by atoms with Crippen molar-refractivity contribution < 1.29 is 0 Å². The van der Waals surface area contributed by atoms with Crippen LogP contribution in [-0.4, -0.2) is 42.9 Å². The van der Waals surface area contributed by atoms with E-state index in [-0.39, 0.29) is 24.0 Å². The summed E-state index contributed by atoms with van der Waals surface area (Å²) in [6, 6.07) is 18.9. The SMILES string of the molecule is CCNC(=NCc1ccc(N(C)C)cc1)NCCc1ccc(-n2cccn2)cc1.I. The fraction of sp³-hybridized carbons (Fsp3) is 0.304. The molecule has 30 heavy (non-hydrogen) atoms. The number of hydrogen-bond donors (Lipinski definition) is 2. The van der Waals surface area contributed by atoms with E-state index in [1.54, 1.807) is 6.20 Å². The second-order valence-electron chi connectivity index (χ2n) is 7.05. The highest BCUT2D eigenvalue weighted by Gasteiger charge is 2.01. The van der Waals surface area contributed by atoms with Crippen molar-refractivity contribution >= 4 is 35.6 Å². The first-order valence-corrected chi connectivity index (χ1v) is 10.0. The van der Waals surface area contributed by atoms with Crippen LogP contribution >= 0.6 is 24.0 Å². The Balaban J connectivity index is 0.00000320. The molecule has 0 aliphatic rings. The Morgan fingerprint density at radius 3 is 2.30 bits per heavy atom. The molecule has 0 aliphatic carbocycles. The molecule has 6 nitrogen and oxygen atoms in total. The Hall–Kier alpha value is -2.55. The quantitative estimate of drug-likeness (QED) is 0.270. The van der Waals surface area contributed by atoms with Gasteiger partial charge in [0.15, 0.2) is 5.96 Å². The maximum Gasteiger partial charge on any atom is 0.191 e. The van der Waals surface area contributed by atoms with Gasteiger partial charge in [0, 0.05) is 45.3 Å². The predicted octanol–water partition coefficient (Wildman–Crippen LogP) is 3.85. The van der Waals surface area contributed by atoms with Crippen LogP contribution in [0.2, 0.25) is 0 Å². The summed E-state index contributed by atoms with van der Waals surface area (Å²) in [6.45, 7) is 4.40. The number of rotatable bonds is 8. The number of aromatic nitrogens is 2. The minimum absolute atomic E-state index is 0. The number of guanidine groups is 1. The smallest absolute Gasteiger partial charge is 0.191 e. The van der Waals surface area contributed by atoms with Crippen molar-refractivity contribution in [1.29, 1.82) is 0 Å². The number of aliphatic imine (C=N–C) groups is 1. The first kappa shape index (κ1) is 23.7. The summed E-state index contributed by atoms with van der Waals surface area (Å²) in [4.78, 5) is 6.80. The van der Waals surface area contributed by atoms with Gasteiger partial charge in [0.05, 0.1) is 12.2 Å². The molecule has 0 saturated carbocycles. The van der Waals surface area contributed by atoms with Gasteiger partial charge in [0.1, 0.15) is 0 Å².